The molecule has 0 saturated carbocycles. The van der Waals surface area contributed by atoms with Crippen LogP contribution in [0.25, 0.3) is 21.9 Å². The van der Waals surface area contributed by atoms with E-state index >= 15 is 0 Å². The van der Waals surface area contributed by atoms with E-state index in [-0.39, 0.29) is 6.04 Å². The largest absolute Gasteiger partial charge is 0.456 e. The van der Waals surface area contributed by atoms with Crippen LogP contribution in [0, 0.1) is 11.3 Å². The minimum atomic E-state index is -0.344. The first-order chi connectivity index (χ1) is 11.3. The Kier molecular flexibility index (Phi) is 3.11. The second-order valence-corrected chi connectivity index (χ2v) is 5.53. The van der Waals surface area contributed by atoms with Crippen LogP contribution < -0.4 is 5.73 Å². The van der Waals surface area contributed by atoms with Crippen LogP contribution in [0.4, 0.5) is 0 Å². The van der Waals surface area contributed by atoms with Gasteiger partial charge in [-0.2, -0.15) is 5.26 Å². The summed E-state index contributed by atoms with van der Waals surface area (Å²) >= 11 is 0. The van der Waals surface area contributed by atoms with Gasteiger partial charge >= 0.3 is 0 Å². The van der Waals surface area contributed by atoms with Gasteiger partial charge < -0.3 is 10.2 Å². The van der Waals surface area contributed by atoms with Crippen molar-refractivity contribution in [3.63, 3.8) is 0 Å². The predicted molar refractivity (Wildman–Crippen MR) is 90.9 cm³/mol. The molecule has 1 heterocycles. The molecule has 23 heavy (non-hydrogen) atoms. The summed E-state index contributed by atoms with van der Waals surface area (Å²) in [6.07, 6.45) is 0. The fourth-order valence-electron chi connectivity index (χ4n) is 2.99. The molecule has 4 aromatic rings. The quantitative estimate of drug-likeness (QED) is 0.592. The summed E-state index contributed by atoms with van der Waals surface area (Å²) in [6.45, 7) is 0. The Morgan fingerprint density at radius 2 is 1.61 bits per heavy atom. The van der Waals surface area contributed by atoms with Crippen LogP contribution in [0.15, 0.2) is 71.1 Å². The first-order valence-corrected chi connectivity index (χ1v) is 7.44. The number of nitriles is 1. The molecule has 110 valence electrons. The Hall–Kier alpha value is -3.09. The van der Waals surface area contributed by atoms with E-state index in [0.717, 1.165) is 33.1 Å². The minimum absolute atomic E-state index is 0.344. The van der Waals surface area contributed by atoms with Gasteiger partial charge in [0, 0.05) is 10.8 Å². The van der Waals surface area contributed by atoms with Crippen LogP contribution in [0.2, 0.25) is 0 Å². The molecular weight excluding hydrogens is 284 g/mol. The first-order valence-electron chi connectivity index (χ1n) is 7.44. The van der Waals surface area contributed by atoms with Crippen molar-refractivity contribution in [1.29, 1.82) is 5.26 Å². The molecule has 3 nitrogen and oxygen atoms in total. The molecule has 0 radical (unpaired) electrons. The molecule has 4 rings (SSSR count). The lowest BCUT2D eigenvalue weighted by atomic mass is 9.94. The molecule has 0 aliphatic carbocycles. The van der Waals surface area contributed by atoms with Crippen molar-refractivity contribution in [3.8, 4) is 6.07 Å². The summed E-state index contributed by atoms with van der Waals surface area (Å²) in [5.41, 5.74) is 10.5. The molecule has 2 N–H and O–H groups in total. The van der Waals surface area contributed by atoms with Crippen molar-refractivity contribution in [2.24, 2.45) is 5.73 Å². The van der Waals surface area contributed by atoms with Crippen molar-refractivity contribution in [3.05, 3.63) is 83.4 Å². The first kappa shape index (κ1) is 13.6. The Morgan fingerprint density at radius 1 is 0.870 bits per heavy atom. The molecule has 0 amide bonds. The van der Waals surface area contributed by atoms with Crippen molar-refractivity contribution in [2.45, 2.75) is 6.04 Å². The standard InChI is InChI=1S/C20H14N2O/c21-12-14-5-1-2-6-15(14)20(22)13-9-10-19-17(11-13)16-7-3-4-8-18(16)23-19/h1-11,20H,22H2. The van der Waals surface area contributed by atoms with E-state index in [4.69, 9.17) is 10.2 Å². The highest BCUT2D eigenvalue weighted by Crippen LogP contribution is 2.32. The normalized spacial score (nSPS) is 12.3. The monoisotopic (exact) mass is 298 g/mol. The Balaban J connectivity index is 1.88. The van der Waals surface area contributed by atoms with E-state index in [1.807, 2.05) is 54.6 Å². The number of fused-ring (bicyclic) bond motifs is 3. The lowest BCUT2D eigenvalue weighted by molar-refractivity contribution is 0.668. The molecule has 3 heteroatoms. The molecule has 1 unspecified atom stereocenters. The average molecular weight is 298 g/mol. The Morgan fingerprint density at radius 3 is 2.48 bits per heavy atom. The highest BCUT2D eigenvalue weighted by Gasteiger charge is 2.15. The molecule has 1 aromatic heterocycles. The highest BCUT2D eigenvalue weighted by molar-refractivity contribution is 6.05. The maximum atomic E-state index is 9.27. The Labute approximate surface area is 133 Å². The van der Waals surface area contributed by atoms with Crippen molar-refractivity contribution >= 4 is 21.9 Å². The summed E-state index contributed by atoms with van der Waals surface area (Å²) in [5, 5.41) is 11.4. The SMILES string of the molecule is N#Cc1ccccc1C(N)c1ccc2oc3ccccc3c2c1. The molecule has 0 aliphatic heterocycles. The third-order valence-corrected chi connectivity index (χ3v) is 4.18. The number of para-hydroxylation sites is 1. The second-order valence-electron chi connectivity index (χ2n) is 5.53. The molecule has 0 aliphatic rings. The highest BCUT2D eigenvalue weighted by atomic mass is 16.3. The maximum Gasteiger partial charge on any atom is 0.135 e. The van der Waals surface area contributed by atoms with Crippen LogP contribution >= 0.6 is 0 Å². The summed E-state index contributed by atoms with van der Waals surface area (Å²) in [5.74, 6) is 0. The van der Waals surface area contributed by atoms with Crippen molar-refractivity contribution in [1.82, 2.24) is 0 Å². The van der Waals surface area contributed by atoms with Crippen molar-refractivity contribution < 1.29 is 4.42 Å². The topological polar surface area (TPSA) is 63.0 Å². The van der Waals surface area contributed by atoms with Crippen LogP contribution in [0.1, 0.15) is 22.7 Å². The number of furan rings is 1. The van der Waals surface area contributed by atoms with Gasteiger partial charge in [0.1, 0.15) is 11.2 Å². The third-order valence-electron chi connectivity index (χ3n) is 4.18. The fourth-order valence-corrected chi connectivity index (χ4v) is 2.99. The van der Waals surface area contributed by atoms with E-state index in [1.165, 1.54) is 0 Å². The van der Waals surface area contributed by atoms with Crippen LogP contribution in [0.5, 0.6) is 0 Å². The smallest absolute Gasteiger partial charge is 0.135 e. The van der Waals surface area contributed by atoms with E-state index in [9.17, 15) is 5.26 Å². The van der Waals surface area contributed by atoms with Gasteiger partial charge in [-0.1, -0.05) is 42.5 Å². The number of nitrogens with two attached hydrogens (primary N) is 1. The number of nitrogens with zero attached hydrogens (tertiary/aromatic N) is 1. The zero-order valence-corrected chi connectivity index (χ0v) is 12.4. The number of rotatable bonds is 2. The predicted octanol–water partition coefficient (Wildman–Crippen LogP) is 4.51. The molecular formula is C20H14N2O. The molecule has 0 spiro atoms. The van der Waals surface area contributed by atoms with Gasteiger partial charge in [0.25, 0.3) is 0 Å². The van der Waals surface area contributed by atoms with Gasteiger partial charge in [-0.15, -0.1) is 0 Å². The van der Waals surface area contributed by atoms with Gasteiger partial charge in [-0.05, 0) is 35.4 Å². The zero-order chi connectivity index (χ0) is 15.8. The van der Waals surface area contributed by atoms with E-state index in [0.29, 0.717) is 5.56 Å². The molecule has 0 saturated heterocycles. The van der Waals surface area contributed by atoms with Gasteiger partial charge in [0.05, 0.1) is 17.7 Å². The average Bonchev–Trinajstić information content (AvgIpc) is 2.99. The summed E-state index contributed by atoms with van der Waals surface area (Å²) in [6, 6.07) is 23.2. The van der Waals surface area contributed by atoms with Gasteiger partial charge in [-0.3, -0.25) is 0 Å². The molecule has 0 bridgehead atoms. The van der Waals surface area contributed by atoms with Gasteiger partial charge in [-0.25, -0.2) is 0 Å². The van der Waals surface area contributed by atoms with Crippen LogP contribution in [-0.2, 0) is 0 Å². The molecule has 0 fully saturated rings. The molecule has 3 aromatic carbocycles. The lowest BCUT2D eigenvalue weighted by Crippen LogP contribution is -2.13. The summed E-state index contributed by atoms with van der Waals surface area (Å²) in [4.78, 5) is 0. The minimum Gasteiger partial charge on any atom is -0.456 e. The van der Waals surface area contributed by atoms with E-state index in [2.05, 4.69) is 12.1 Å². The van der Waals surface area contributed by atoms with E-state index < -0.39 is 0 Å². The third kappa shape index (κ3) is 2.17. The van der Waals surface area contributed by atoms with Crippen LogP contribution in [-0.4, -0.2) is 0 Å². The zero-order valence-electron chi connectivity index (χ0n) is 12.4. The van der Waals surface area contributed by atoms with E-state index in [1.54, 1.807) is 6.07 Å². The van der Waals surface area contributed by atoms with Crippen LogP contribution in [0.3, 0.4) is 0 Å². The molecule has 1 atom stereocenters. The maximum absolute atomic E-state index is 9.27. The number of hydrogen-bond donors (Lipinski definition) is 1. The number of benzene rings is 3. The number of hydrogen-bond acceptors (Lipinski definition) is 3. The summed E-state index contributed by atoms with van der Waals surface area (Å²) < 4.78 is 5.84. The van der Waals surface area contributed by atoms with Gasteiger partial charge in [0.15, 0.2) is 0 Å². The Bertz CT molecular complexity index is 1060. The second kappa shape index (κ2) is 5.28. The fraction of sp³-hybridized carbons (Fsp3) is 0.0500. The van der Waals surface area contributed by atoms with Crippen molar-refractivity contribution in [2.75, 3.05) is 0 Å². The van der Waals surface area contributed by atoms with Gasteiger partial charge in [0.2, 0.25) is 0 Å². The summed E-state index contributed by atoms with van der Waals surface area (Å²) in [7, 11) is 0. The lowest BCUT2D eigenvalue weighted by Gasteiger charge is -2.14.